The van der Waals surface area contributed by atoms with Crippen molar-refractivity contribution in [3.05, 3.63) is 71.4 Å². The molecule has 33 heavy (non-hydrogen) atoms. The molecule has 1 fully saturated rings. The van der Waals surface area contributed by atoms with E-state index in [1.165, 1.54) is 0 Å². The maximum atomic E-state index is 13.4. The number of aromatic nitrogens is 2. The molecule has 2 aromatic heterocycles. The molecule has 3 aromatic rings. The molecular weight excluding hydrogens is 416 g/mol. The van der Waals surface area contributed by atoms with E-state index in [2.05, 4.69) is 29.2 Å². The maximum absolute atomic E-state index is 13.4. The van der Waals surface area contributed by atoms with E-state index in [9.17, 15) is 9.59 Å². The van der Waals surface area contributed by atoms with Gasteiger partial charge in [-0.15, -0.1) is 0 Å². The highest BCUT2D eigenvalue weighted by Gasteiger charge is 2.34. The van der Waals surface area contributed by atoms with Gasteiger partial charge in [-0.3, -0.25) is 14.6 Å². The number of carbonyl (C=O) groups is 2. The highest BCUT2D eigenvalue weighted by molar-refractivity contribution is 5.96. The summed E-state index contributed by atoms with van der Waals surface area (Å²) >= 11 is 0. The zero-order valence-corrected chi connectivity index (χ0v) is 19.5. The Morgan fingerprint density at radius 1 is 1.12 bits per heavy atom. The number of amides is 2. The van der Waals surface area contributed by atoms with Gasteiger partial charge >= 0.3 is 0 Å². The maximum Gasteiger partial charge on any atom is 0.259 e. The van der Waals surface area contributed by atoms with Crippen molar-refractivity contribution >= 4 is 11.8 Å². The lowest BCUT2D eigenvalue weighted by Crippen LogP contribution is -2.38. The molecule has 172 valence electrons. The summed E-state index contributed by atoms with van der Waals surface area (Å²) < 4.78 is 5.22. The molecule has 1 atom stereocenters. The Balaban J connectivity index is 1.60. The minimum absolute atomic E-state index is 0.111. The predicted octanol–water partition coefficient (Wildman–Crippen LogP) is 3.91. The summed E-state index contributed by atoms with van der Waals surface area (Å²) in [5.74, 6) is 0.199. The topological polar surface area (TPSA) is 79.5 Å². The van der Waals surface area contributed by atoms with Crippen LogP contribution in [0, 0.1) is 19.8 Å². The molecule has 2 amide bonds. The zero-order chi connectivity index (χ0) is 23.4. The van der Waals surface area contributed by atoms with Crippen LogP contribution in [0.25, 0.3) is 11.1 Å². The van der Waals surface area contributed by atoms with E-state index in [-0.39, 0.29) is 17.7 Å². The summed E-state index contributed by atoms with van der Waals surface area (Å²) in [5.41, 5.74) is 4.34. The van der Waals surface area contributed by atoms with E-state index in [0.29, 0.717) is 49.6 Å². The van der Waals surface area contributed by atoms with E-state index in [1.54, 1.807) is 31.1 Å². The molecule has 0 aliphatic carbocycles. The van der Waals surface area contributed by atoms with Gasteiger partial charge in [-0.25, -0.2) is 0 Å². The van der Waals surface area contributed by atoms with Crippen LogP contribution in [-0.4, -0.2) is 57.9 Å². The standard InChI is InChI=1S/C26H30N4O3/c1-4-12-29-13-14-30(26(32)24-18(2)28-33-19(24)3)17-23(25(29)31)16-20-6-5-7-22(15-20)21-8-10-27-11-9-21/h5-11,15,23H,4,12-14,16-17H2,1-3H3/t23-/m0/s1. The molecule has 0 saturated carbocycles. The van der Waals surface area contributed by atoms with Crippen LogP contribution in [0.2, 0.25) is 0 Å². The highest BCUT2D eigenvalue weighted by atomic mass is 16.5. The Kier molecular flexibility index (Phi) is 6.87. The largest absolute Gasteiger partial charge is 0.361 e. The quantitative estimate of drug-likeness (QED) is 0.574. The summed E-state index contributed by atoms with van der Waals surface area (Å²) in [6.07, 6.45) is 5.01. The van der Waals surface area contributed by atoms with Gasteiger partial charge < -0.3 is 14.3 Å². The minimum Gasteiger partial charge on any atom is -0.361 e. The number of rotatable bonds is 6. The summed E-state index contributed by atoms with van der Waals surface area (Å²) in [7, 11) is 0. The van der Waals surface area contributed by atoms with Crippen LogP contribution in [0.5, 0.6) is 0 Å². The van der Waals surface area contributed by atoms with E-state index in [0.717, 1.165) is 23.1 Å². The van der Waals surface area contributed by atoms with Gasteiger partial charge in [-0.1, -0.05) is 36.3 Å². The first-order valence-electron chi connectivity index (χ1n) is 11.5. The fourth-order valence-corrected chi connectivity index (χ4v) is 4.53. The third kappa shape index (κ3) is 4.97. The third-order valence-electron chi connectivity index (χ3n) is 6.19. The van der Waals surface area contributed by atoms with Gasteiger partial charge in [0.15, 0.2) is 0 Å². The molecule has 1 aromatic carbocycles. The summed E-state index contributed by atoms with van der Waals surface area (Å²) in [5, 5.41) is 3.94. The van der Waals surface area contributed by atoms with Gasteiger partial charge in [0.2, 0.25) is 5.91 Å². The van der Waals surface area contributed by atoms with Crippen molar-refractivity contribution in [3.63, 3.8) is 0 Å². The van der Waals surface area contributed by atoms with E-state index in [4.69, 9.17) is 4.52 Å². The third-order valence-corrected chi connectivity index (χ3v) is 6.19. The summed E-state index contributed by atoms with van der Waals surface area (Å²) in [4.78, 5) is 34.6. The van der Waals surface area contributed by atoms with Gasteiger partial charge in [0.05, 0.1) is 11.6 Å². The average molecular weight is 447 g/mol. The number of carbonyl (C=O) groups excluding carboxylic acids is 2. The molecular formula is C26H30N4O3. The molecule has 1 saturated heterocycles. The Morgan fingerprint density at radius 2 is 1.91 bits per heavy atom. The molecule has 0 radical (unpaired) electrons. The Bertz CT molecular complexity index is 1110. The second-order valence-electron chi connectivity index (χ2n) is 8.61. The van der Waals surface area contributed by atoms with Crippen LogP contribution in [0.3, 0.4) is 0 Å². The molecule has 0 N–H and O–H groups in total. The zero-order valence-electron chi connectivity index (χ0n) is 19.5. The molecule has 1 aliphatic heterocycles. The minimum atomic E-state index is -0.309. The molecule has 0 spiro atoms. The second-order valence-corrected chi connectivity index (χ2v) is 8.61. The van der Waals surface area contributed by atoms with Crippen LogP contribution in [0.1, 0.15) is 40.7 Å². The van der Waals surface area contributed by atoms with Crippen molar-refractivity contribution in [2.45, 2.75) is 33.6 Å². The van der Waals surface area contributed by atoms with Crippen molar-refractivity contribution in [2.24, 2.45) is 5.92 Å². The first-order chi connectivity index (χ1) is 16.0. The number of nitrogens with zero attached hydrogens (tertiary/aromatic N) is 4. The van der Waals surface area contributed by atoms with Crippen molar-refractivity contribution in [3.8, 4) is 11.1 Å². The fourth-order valence-electron chi connectivity index (χ4n) is 4.53. The molecule has 1 aliphatic rings. The summed E-state index contributed by atoms with van der Waals surface area (Å²) in [6, 6.07) is 12.2. The van der Waals surface area contributed by atoms with E-state index in [1.807, 2.05) is 29.2 Å². The molecule has 7 heteroatoms. The summed E-state index contributed by atoms with van der Waals surface area (Å²) in [6.45, 7) is 7.71. The monoisotopic (exact) mass is 446 g/mol. The second kappa shape index (κ2) is 9.98. The van der Waals surface area contributed by atoms with E-state index >= 15 is 0 Å². The van der Waals surface area contributed by atoms with Gasteiger partial charge in [0.25, 0.3) is 5.91 Å². The number of hydrogen-bond acceptors (Lipinski definition) is 5. The van der Waals surface area contributed by atoms with Crippen LogP contribution >= 0.6 is 0 Å². The first kappa shape index (κ1) is 22.7. The van der Waals surface area contributed by atoms with Crippen molar-refractivity contribution < 1.29 is 14.1 Å². The Labute approximate surface area is 194 Å². The number of pyridine rings is 1. The van der Waals surface area contributed by atoms with Crippen LogP contribution in [0.15, 0.2) is 53.3 Å². The molecule has 4 rings (SSSR count). The molecule has 0 unspecified atom stereocenters. The van der Waals surface area contributed by atoms with Gasteiger partial charge in [0, 0.05) is 38.6 Å². The smallest absolute Gasteiger partial charge is 0.259 e. The lowest BCUT2D eigenvalue weighted by molar-refractivity contribution is -0.134. The van der Waals surface area contributed by atoms with Crippen LogP contribution in [-0.2, 0) is 11.2 Å². The van der Waals surface area contributed by atoms with Gasteiger partial charge in [-0.05, 0) is 55.5 Å². The van der Waals surface area contributed by atoms with E-state index < -0.39 is 0 Å². The lowest BCUT2D eigenvalue weighted by Gasteiger charge is -2.24. The molecule has 3 heterocycles. The SMILES string of the molecule is CCCN1CCN(C(=O)c2c(C)noc2C)C[C@H](Cc2cccc(-c3ccncc3)c2)C1=O. The number of benzene rings is 1. The van der Waals surface area contributed by atoms with Gasteiger partial charge in [-0.2, -0.15) is 0 Å². The highest BCUT2D eigenvalue weighted by Crippen LogP contribution is 2.24. The van der Waals surface area contributed by atoms with Crippen LogP contribution in [0.4, 0.5) is 0 Å². The normalized spacial score (nSPS) is 16.7. The fraction of sp³-hybridized carbons (Fsp3) is 0.385. The average Bonchev–Trinajstić information content (AvgIpc) is 3.09. The number of aryl methyl sites for hydroxylation is 2. The van der Waals surface area contributed by atoms with Crippen molar-refractivity contribution in [2.75, 3.05) is 26.2 Å². The molecule has 7 nitrogen and oxygen atoms in total. The Hall–Kier alpha value is -3.48. The molecule has 0 bridgehead atoms. The first-order valence-corrected chi connectivity index (χ1v) is 11.5. The van der Waals surface area contributed by atoms with Crippen molar-refractivity contribution in [1.29, 1.82) is 0 Å². The lowest BCUT2D eigenvalue weighted by atomic mass is 9.94. The number of hydrogen-bond donors (Lipinski definition) is 0. The van der Waals surface area contributed by atoms with Crippen molar-refractivity contribution in [1.82, 2.24) is 19.9 Å². The Morgan fingerprint density at radius 3 is 2.61 bits per heavy atom. The van der Waals surface area contributed by atoms with Gasteiger partial charge in [0.1, 0.15) is 11.3 Å². The van der Waals surface area contributed by atoms with Crippen LogP contribution < -0.4 is 0 Å². The predicted molar refractivity (Wildman–Crippen MR) is 126 cm³/mol.